The summed E-state index contributed by atoms with van der Waals surface area (Å²) < 4.78 is 27.8. The molecule has 0 atom stereocenters. The summed E-state index contributed by atoms with van der Waals surface area (Å²) in [5.74, 6) is -0.114. The number of piperazine rings is 1. The fourth-order valence-electron chi connectivity index (χ4n) is 4.05. The molecule has 178 valence electrons. The third kappa shape index (κ3) is 6.28. The van der Waals surface area contributed by atoms with Gasteiger partial charge in [-0.2, -0.15) is 4.31 Å². The van der Waals surface area contributed by atoms with Crippen molar-refractivity contribution in [2.24, 2.45) is 0 Å². The van der Waals surface area contributed by atoms with Crippen LogP contribution in [0, 0.1) is 0 Å². The fraction of sp³-hybridized carbons (Fsp3) is 0.308. The van der Waals surface area contributed by atoms with E-state index in [0.717, 1.165) is 35.7 Å². The zero-order valence-electron chi connectivity index (χ0n) is 19.1. The molecule has 0 bridgehead atoms. The van der Waals surface area contributed by atoms with Crippen LogP contribution in [0.25, 0.3) is 16.8 Å². The van der Waals surface area contributed by atoms with Gasteiger partial charge in [0.15, 0.2) is 0 Å². The number of carbonyl (C=O) groups excluding carboxylic acids is 1. The van der Waals surface area contributed by atoms with E-state index in [4.69, 9.17) is 0 Å². The zero-order valence-corrected chi connectivity index (χ0v) is 20.0. The largest absolute Gasteiger partial charge is 0.353 e. The van der Waals surface area contributed by atoms with Crippen LogP contribution in [0.5, 0.6) is 0 Å². The van der Waals surface area contributed by atoms with Gasteiger partial charge in [0.2, 0.25) is 15.9 Å². The molecule has 0 unspecified atom stereocenters. The summed E-state index contributed by atoms with van der Waals surface area (Å²) in [7, 11) is -3.49. The first-order valence-corrected chi connectivity index (χ1v) is 13.0. The molecular weight excluding hydrogens is 448 g/mol. The predicted molar refractivity (Wildman–Crippen MR) is 135 cm³/mol. The van der Waals surface area contributed by atoms with Crippen LogP contribution < -0.4 is 5.32 Å². The van der Waals surface area contributed by atoms with Crippen LogP contribution in [-0.4, -0.2) is 67.8 Å². The lowest BCUT2D eigenvalue weighted by Crippen LogP contribution is -2.48. The molecule has 1 fully saturated rings. The monoisotopic (exact) mass is 478 g/mol. The Morgan fingerprint density at radius 2 is 1.76 bits per heavy atom. The lowest BCUT2D eigenvalue weighted by Gasteiger charge is -2.34. The maximum atomic E-state index is 13.1. The molecule has 4 rings (SSSR count). The summed E-state index contributed by atoms with van der Waals surface area (Å²) in [5, 5.41) is 4.86. The summed E-state index contributed by atoms with van der Waals surface area (Å²) in [6.07, 6.45) is 8.49. The SMILES string of the molecule is O=C(C=Cc1cccnc1)NCCCCN1CCN(S(=O)(=O)c2ccc3ccccc3c2)CC1. The molecule has 0 saturated carbocycles. The second-order valence-electron chi connectivity index (χ2n) is 8.37. The second kappa shape index (κ2) is 11.4. The van der Waals surface area contributed by atoms with Crippen LogP contribution in [0.2, 0.25) is 0 Å². The second-order valence-corrected chi connectivity index (χ2v) is 10.3. The minimum Gasteiger partial charge on any atom is -0.353 e. The number of hydrogen-bond acceptors (Lipinski definition) is 5. The summed E-state index contributed by atoms with van der Waals surface area (Å²) in [5.41, 5.74) is 0.888. The number of unbranched alkanes of at least 4 members (excludes halogenated alkanes) is 1. The van der Waals surface area contributed by atoms with E-state index < -0.39 is 10.0 Å². The molecule has 0 aliphatic carbocycles. The number of sulfonamides is 1. The maximum Gasteiger partial charge on any atom is 0.243 e. The standard InChI is InChI=1S/C26H30N4O3S/c31-26(12-9-22-6-5-13-27-21-22)28-14-3-4-15-29-16-18-30(19-17-29)34(32,33)25-11-10-23-7-1-2-8-24(23)20-25/h1-2,5-13,20-21H,3-4,14-19H2,(H,28,31). The van der Waals surface area contributed by atoms with Crippen LogP contribution in [-0.2, 0) is 14.8 Å². The lowest BCUT2D eigenvalue weighted by molar-refractivity contribution is -0.116. The van der Waals surface area contributed by atoms with E-state index in [1.54, 1.807) is 34.9 Å². The van der Waals surface area contributed by atoms with Gasteiger partial charge in [0, 0.05) is 51.2 Å². The Kier molecular flexibility index (Phi) is 8.05. The van der Waals surface area contributed by atoms with Crippen molar-refractivity contribution >= 4 is 32.8 Å². The van der Waals surface area contributed by atoms with Crippen LogP contribution in [0.15, 0.2) is 78.0 Å². The van der Waals surface area contributed by atoms with Crippen molar-refractivity contribution in [1.29, 1.82) is 0 Å². The highest BCUT2D eigenvalue weighted by Crippen LogP contribution is 2.22. The molecule has 1 aromatic heterocycles. The number of nitrogens with one attached hydrogen (secondary N) is 1. The molecule has 34 heavy (non-hydrogen) atoms. The van der Waals surface area contributed by atoms with Crippen molar-refractivity contribution in [3.8, 4) is 0 Å². The Bertz CT molecular complexity index is 1240. The van der Waals surface area contributed by atoms with Gasteiger partial charge in [-0.15, -0.1) is 0 Å². The number of hydrogen-bond donors (Lipinski definition) is 1. The molecule has 1 saturated heterocycles. The average molecular weight is 479 g/mol. The first-order valence-electron chi connectivity index (χ1n) is 11.6. The number of carbonyl (C=O) groups is 1. The molecule has 0 spiro atoms. The third-order valence-electron chi connectivity index (χ3n) is 6.00. The number of rotatable bonds is 9. The molecule has 1 N–H and O–H groups in total. The van der Waals surface area contributed by atoms with Crippen LogP contribution in [0.1, 0.15) is 18.4 Å². The van der Waals surface area contributed by atoms with Crippen LogP contribution >= 0.6 is 0 Å². The Hall–Kier alpha value is -3.07. The molecule has 7 nitrogen and oxygen atoms in total. The molecule has 1 aliphatic heterocycles. The van der Waals surface area contributed by atoms with Gasteiger partial charge in [-0.3, -0.25) is 9.78 Å². The smallest absolute Gasteiger partial charge is 0.243 e. The molecular formula is C26H30N4O3S. The van der Waals surface area contributed by atoms with Crippen LogP contribution in [0.3, 0.4) is 0 Å². The van der Waals surface area contributed by atoms with E-state index in [2.05, 4.69) is 15.2 Å². The Morgan fingerprint density at radius 1 is 0.971 bits per heavy atom. The van der Waals surface area contributed by atoms with Gasteiger partial charge in [0.1, 0.15) is 0 Å². The third-order valence-corrected chi connectivity index (χ3v) is 7.90. The van der Waals surface area contributed by atoms with Crippen molar-refractivity contribution in [3.63, 3.8) is 0 Å². The van der Waals surface area contributed by atoms with Crippen molar-refractivity contribution in [2.45, 2.75) is 17.7 Å². The van der Waals surface area contributed by atoms with Gasteiger partial charge < -0.3 is 10.2 Å². The highest BCUT2D eigenvalue weighted by Gasteiger charge is 2.28. The van der Waals surface area contributed by atoms with Crippen molar-refractivity contribution < 1.29 is 13.2 Å². The number of fused-ring (bicyclic) bond motifs is 1. The molecule has 1 aliphatic rings. The Morgan fingerprint density at radius 3 is 2.53 bits per heavy atom. The van der Waals surface area contributed by atoms with Gasteiger partial charge in [0.25, 0.3) is 0 Å². The van der Waals surface area contributed by atoms with E-state index in [9.17, 15) is 13.2 Å². The van der Waals surface area contributed by atoms with E-state index in [-0.39, 0.29) is 5.91 Å². The quantitative estimate of drug-likeness (QED) is 0.377. The first kappa shape index (κ1) is 24.1. The minimum absolute atomic E-state index is 0.114. The topological polar surface area (TPSA) is 82.6 Å². The predicted octanol–water partition coefficient (Wildman–Crippen LogP) is 3.15. The van der Waals surface area contributed by atoms with Gasteiger partial charge in [0.05, 0.1) is 4.90 Å². The molecule has 0 radical (unpaired) electrons. The lowest BCUT2D eigenvalue weighted by atomic mass is 10.1. The maximum absolute atomic E-state index is 13.1. The van der Waals surface area contributed by atoms with E-state index >= 15 is 0 Å². The van der Waals surface area contributed by atoms with Crippen molar-refractivity contribution in [1.82, 2.24) is 19.5 Å². The van der Waals surface area contributed by atoms with Crippen LogP contribution in [0.4, 0.5) is 0 Å². The minimum atomic E-state index is -3.49. The fourth-order valence-corrected chi connectivity index (χ4v) is 5.51. The first-order chi connectivity index (χ1) is 16.5. The number of aromatic nitrogens is 1. The van der Waals surface area contributed by atoms with E-state index in [1.165, 1.54) is 6.08 Å². The van der Waals surface area contributed by atoms with Gasteiger partial charge in [-0.1, -0.05) is 36.4 Å². The number of amides is 1. The van der Waals surface area contributed by atoms with E-state index in [1.807, 2.05) is 42.5 Å². The number of nitrogens with zero attached hydrogens (tertiary/aromatic N) is 3. The molecule has 1 amide bonds. The summed E-state index contributed by atoms with van der Waals surface area (Å²) in [4.78, 5) is 18.6. The van der Waals surface area contributed by atoms with Gasteiger partial charge >= 0.3 is 0 Å². The summed E-state index contributed by atoms with van der Waals surface area (Å²) in [6.45, 7) is 3.92. The number of pyridine rings is 1. The van der Waals surface area contributed by atoms with Gasteiger partial charge in [-0.25, -0.2) is 8.42 Å². The van der Waals surface area contributed by atoms with Gasteiger partial charge in [-0.05, 0) is 60.0 Å². The highest BCUT2D eigenvalue weighted by molar-refractivity contribution is 7.89. The normalized spacial score (nSPS) is 15.6. The summed E-state index contributed by atoms with van der Waals surface area (Å²) in [6, 6.07) is 16.8. The van der Waals surface area contributed by atoms with E-state index in [0.29, 0.717) is 37.6 Å². The highest BCUT2D eigenvalue weighted by atomic mass is 32.2. The molecule has 8 heteroatoms. The van der Waals surface area contributed by atoms with Crippen molar-refractivity contribution in [2.75, 3.05) is 39.3 Å². The Balaban J connectivity index is 1.17. The van der Waals surface area contributed by atoms with Crippen molar-refractivity contribution in [3.05, 3.63) is 78.6 Å². The average Bonchev–Trinajstić information content (AvgIpc) is 2.88. The number of benzene rings is 2. The molecule has 2 heterocycles. The Labute approximate surface area is 201 Å². The molecule has 2 aromatic carbocycles. The summed E-state index contributed by atoms with van der Waals surface area (Å²) >= 11 is 0. The zero-order chi connectivity index (χ0) is 23.8. The molecule has 3 aromatic rings.